The number of amides is 1. The Balaban J connectivity index is 2.68. The Morgan fingerprint density at radius 1 is 1.42 bits per heavy atom. The average Bonchev–Trinajstić information content (AvgIpc) is 2.65. The molecule has 3 N–H and O–H groups in total. The molecule has 9 heteroatoms. The summed E-state index contributed by atoms with van der Waals surface area (Å²) >= 11 is 0. The van der Waals surface area contributed by atoms with E-state index in [1.54, 1.807) is 6.92 Å². The molecule has 0 bridgehead atoms. The summed E-state index contributed by atoms with van der Waals surface area (Å²) in [5.41, 5.74) is 2.39. The van der Waals surface area contributed by atoms with Crippen LogP contribution in [0.25, 0.3) is 0 Å². The maximum atomic E-state index is 11.8. The van der Waals surface area contributed by atoms with Crippen LogP contribution in [-0.2, 0) is 23.9 Å². The molecule has 1 rings (SSSR count). The van der Waals surface area contributed by atoms with E-state index in [0.717, 1.165) is 0 Å². The van der Waals surface area contributed by atoms with Gasteiger partial charge in [-0.25, -0.2) is 10.3 Å². The normalized spacial score (nSPS) is 19.6. The van der Waals surface area contributed by atoms with Crippen molar-refractivity contribution in [2.24, 2.45) is 5.84 Å². The van der Waals surface area contributed by atoms with Crippen molar-refractivity contribution in [1.82, 2.24) is 15.2 Å². The van der Waals surface area contributed by atoms with Gasteiger partial charge in [0.2, 0.25) is 5.91 Å². The first-order valence-electron chi connectivity index (χ1n) is 5.75. The van der Waals surface area contributed by atoms with Crippen LogP contribution in [0.2, 0.25) is 0 Å². The molecular weight excluding hydrogens is 256 g/mol. The molecule has 0 aromatic heterocycles. The number of esters is 2. The van der Waals surface area contributed by atoms with E-state index in [9.17, 15) is 14.4 Å². The largest absolute Gasteiger partial charge is 0.468 e. The molecule has 0 radical (unpaired) electrons. The van der Waals surface area contributed by atoms with Crippen molar-refractivity contribution in [2.75, 3.05) is 33.4 Å². The average molecular weight is 274 g/mol. The van der Waals surface area contributed by atoms with Gasteiger partial charge in [0.1, 0.15) is 13.1 Å². The van der Waals surface area contributed by atoms with Crippen molar-refractivity contribution in [3.05, 3.63) is 0 Å². The fraction of sp³-hybridized carbons (Fsp3) is 0.700. The highest BCUT2D eigenvalue weighted by molar-refractivity contribution is 5.86. The SMILES string of the molecule is CCOC(=O)CN1C(=O)CN(CC(=O)OC)C1NN. The molecule has 1 amide bonds. The number of nitrogens with zero attached hydrogens (tertiary/aromatic N) is 2. The second-order valence-electron chi connectivity index (χ2n) is 3.85. The lowest BCUT2D eigenvalue weighted by atomic mass is 10.5. The topological polar surface area (TPSA) is 114 Å². The lowest BCUT2D eigenvalue weighted by Crippen LogP contribution is -2.55. The molecule has 1 heterocycles. The van der Waals surface area contributed by atoms with Crippen molar-refractivity contribution in [3.8, 4) is 0 Å². The lowest BCUT2D eigenvalue weighted by molar-refractivity contribution is -0.149. The molecule has 0 spiro atoms. The summed E-state index contributed by atoms with van der Waals surface area (Å²) < 4.78 is 9.30. The van der Waals surface area contributed by atoms with Crippen molar-refractivity contribution in [3.63, 3.8) is 0 Å². The third kappa shape index (κ3) is 3.88. The maximum absolute atomic E-state index is 11.8. The van der Waals surface area contributed by atoms with Gasteiger partial charge in [-0.05, 0) is 6.92 Å². The van der Waals surface area contributed by atoms with Crippen LogP contribution in [0, 0.1) is 0 Å². The monoisotopic (exact) mass is 274 g/mol. The van der Waals surface area contributed by atoms with Gasteiger partial charge < -0.3 is 14.4 Å². The van der Waals surface area contributed by atoms with Crippen molar-refractivity contribution in [1.29, 1.82) is 0 Å². The Bertz CT molecular complexity index is 362. The maximum Gasteiger partial charge on any atom is 0.325 e. The van der Waals surface area contributed by atoms with Gasteiger partial charge in [-0.15, -0.1) is 0 Å². The molecule has 19 heavy (non-hydrogen) atoms. The molecular formula is C10H18N4O5. The fourth-order valence-electron chi connectivity index (χ4n) is 1.77. The zero-order valence-corrected chi connectivity index (χ0v) is 10.9. The third-order valence-corrected chi connectivity index (χ3v) is 2.61. The van der Waals surface area contributed by atoms with Crippen LogP contribution in [0.4, 0.5) is 0 Å². The zero-order valence-electron chi connectivity index (χ0n) is 10.9. The van der Waals surface area contributed by atoms with Gasteiger partial charge in [-0.1, -0.05) is 0 Å². The van der Waals surface area contributed by atoms with Crippen molar-refractivity contribution < 1.29 is 23.9 Å². The first-order valence-corrected chi connectivity index (χ1v) is 5.75. The summed E-state index contributed by atoms with van der Waals surface area (Å²) in [7, 11) is 1.25. The van der Waals surface area contributed by atoms with E-state index in [2.05, 4.69) is 10.2 Å². The molecule has 108 valence electrons. The first kappa shape index (κ1) is 15.3. The quantitative estimate of drug-likeness (QED) is 0.313. The number of hydrogen-bond acceptors (Lipinski definition) is 8. The highest BCUT2D eigenvalue weighted by atomic mass is 16.5. The van der Waals surface area contributed by atoms with Gasteiger partial charge in [0.15, 0.2) is 6.29 Å². The predicted molar refractivity (Wildman–Crippen MR) is 63.0 cm³/mol. The van der Waals surface area contributed by atoms with Crippen LogP contribution in [0.15, 0.2) is 0 Å². The van der Waals surface area contributed by atoms with Gasteiger partial charge >= 0.3 is 11.9 Å². The molecule has 0 aromatic rings. The van der Waals surface area contributed by atoms with Crippen LogP contribution >= 0.6 is 0 Å². The fourth-order valence-corrected chi connectivity index (χ4v) is 1.77. The van der Waals surface area contributed by atoms with Crippen molar-refractivity contribution in [2.45, 2.75) is 13.2 Å². The molecule has 1 fully saturated rings. The summed E-state index contributed by atoms with van der Waals surface area (Å²) in [5.74, 6) is 4.01. The van der Waals surface area contributed by atoms with E-state index >= 15 is 0 Å². The minimum absolute atomic E-state index is 0.0244. The Kier molecular flexibility index (Phi) is 5.67. The number of carbonyl (C=O) groups excluding carboxylic acids is 3. The minimum atomic E-state index is -0.740. The highest BCUT2D eigenvalue weighted by Gasteiger charge is 2.39. The Morgan fingerprint density at radius 3 is 2.63 bits per heavy atom. The summed E-state index contributed by atoms with van der Waals surface area (Å²) in [4.78, 5) is 37.1. The Labute approximate surface area is 110 Å². The van der Waals surface area contributed by atoms with Gasteiger partial charge in [-0.2, -0.15) is 0 Å². The van der Waals surface area contributed by atoms with E-state index in [1.807, 2.05) is 0 Å². The van der Waals surface area contributed by atoms with Gasteiger partial charge in [0.05, 0.1) is 20.3 Å². The van der Waals surface area contributed by atoms with Crippen LogP contribution in [-0.4, -0.2) is 67.3 Å². The number of nitrogens with one attached hydrogen (secondary N) is 1. The number of rotatable bonds is 6. The van der Waals surface area contributed by atoms with E-state index in [1.165, 1.54) is 16.9 Å². The van der Waals surface area contributed by atoms with Gasteiger partial charge in [0, 0.05) is 0 Å². The number of carbonyl (C=O) groups is 3. The number of nitrogens with two attached hydrogens (primary N) is 1. The third-order valence-electron chi connectivity index (χ3n) is 2.61. The van der Waals surface area contributed by atoms with Crippen LogP contribution in [0.5, 0.6) is 0 Å². The van der Waals surface area contributed by atoms with E-state index in [4.69, 9.17) is 10.6 Å². The van der Waals surface area contributed by atoms with E-state index < -0.39 is 18.2 Å². The summed E-state index contributed by atoms with van der Waals surface area (Å²) in [6, 6.07) is 0. The van der Waals surface area contributed by atoms with Gasteiger partial charge in [-0.3, -0.25) is 20.2 Å². The van der Waals surface area contributed by atoms with E-state index in [0.29, 0.717) is 0 Å². The number of ether oxygens (including phenoxy) is 2. The zero-order chi connectivity index (χ0) is 14.4. The molecule has 0 saturated carbocycles. The number of methoxy groups -OCH3 is 1. The van der Waals surface area contributed by atoms with Crippen LogP contribution in [0.3, 0.4) is 0 Å². The molecule has 0 aliphatic carbocycles. The summed E-state index contributed by atoms with van der Waals surface area (Å²) in [6.07, 6.45) is -0.740. The van der Waals surface area contributed by atoms with Crippen LogP contribution < -0.4 is 11.3 Å². The Hall–Kier alpha value is -1.71. The van der Waals surface area contributed by atoms with Crippen LogP contribution in [0.1, 0.15) is 6.92 Å². The Morgan fingerprint density at radius 2 is 2.11 bits per heavy atom. The summed E-state index contributed by atoms with van der Waals surface area (Å²) in [6.45, 7) is 1.55. The molecule has 9 nitrogen and oxygen atoms in total. The number of hydrogen-bond donors (Lipinski definition) is 2. The predicted octanol–water partition coefficient (Wildman–Crippen LogP) is -2.39. The molecule has 1 aliphatic rings. The molecule has 1 aliphatic heterocycles. The first-order chi connectivity index (χ1) is 9.03. The smallest absolute Gasteiger partial charge is 0.325 e. The lowest BCUT2D eigenvalue weighted by Gasteiger charge is -2.27. The number of hydrazine groups is 1. The second-order valence-corrected chi connectivity index (χ2v) is 3.85. The molecule has 1 atom stereocenters. The highest BCUT2D eigenvalue weighted by Crippen LogP contribution is 2.13. The second kappa shape index (κ2) is 7.02. The molecule has 1 saturated heterocycles. The van der Waals surface area contributed by atoms with Gasteiger partial charge in [0.25, 0.3) is 0 Å². The minimum Gasteiger partial charge on any atom is -0.468 e. The standard InChI is InChI=1S/C10H18N4O5/c1-3-19-9(17)6-14-7(15)4-13(10(14)12-11)5-8(16)18-2/h10,12H,3-6,11H2,1-2H3. The van der Waals surface area contributed by atoms with E-state index in [-0.39, 0.29) is 32.1 Å². The van der Waals surface area contributed by atoms with Crippen molar-refractivity contribution >= 4 is 17.8 Å². The molecule has 1 unspecified atom stereocenters. The molecule has 0 aromatic carbocycles. The summed E-state index contributed by atoms with van der Waals surface area (Å²) in [5, 5.41) is 0.